The third kappa shape index (κ3) is 10.1. The maximum Gasteiger partial charge on any atom is 0.119 e. The molecule has 0 bridgehead atoms. The van der Waals surface area contributed by atoms with Crippen molar-refractivity contribution >= 4 is 24.8 Å². The predicted molar refractivity (Wildman–Crippen MR) is 91.5 cm³/mol. The van der Waals surface area contributed by atoms with Crippen LogP contribution in [0.4, 0.5) is 0 Å². The van der Waals surface area contributed by atoms with Gasteiger partial charge in [-0.3, -0.25) is 0 Å². The van der Waals surface area contributed by atoms with Crippen molar-refractivity contribution in [3.8, 4) is 5.75 Å². The topological polar surface area (TPSA) is 24.5 Å². The Morgan fingerprint density at radius 2 is 1.85 bits per heavy atom. The first kappa shape index (κ1) is 21.6. The van der Waals surface area contributed by atoms with Crippen LogP contribution >= 0.6 is 24.8 Å². The number of benzene rings is 1. The highest BCUT2D eigenvalue weighted by Crippen LogP contribution is 2.11. The Bertz CT molecular complexity index is 342. The quantitative estimate of drug-likeness (QED) is 0.559. The Hall–Kier alpha value is -0.740. The summed E-state index contributed by atoms with van der Waals surface area (Å²) in [7, 11) is 4.20. The van der Waals surface area contributed by atoms with Crippen molar-refractivity contribution in [2.75, 3.05) is 33.8 Å². The summed E-state index contributed by atoms with van der Waals surface area (Å²) in [5.41, 5.74) is 1.28. The lowest BCUT2D eigenvalue weighted by atomic mass is 10.2. The van der Waals surface area contributed by atoms with Gasteiger partial charge in [-0.25, -0.2) is 0 Å². The van der Waals surface area contributed by atoms with Gasteiger partial charge in [0.2, 0.25) is 0 Å². The number of halogens is 2. The molecule has 0 amide bonds. The Morgan fingerprint density at radius 1 is 1.20 bits per heavy atom. The molecule has 0 aliphatic carbocycles. The van der Waals surface area contributed by atoms with Crippen LogP contribution in [0.3, 0.4) is 0 Å². The summed E-state index contributed by atoms with van der Waals surface area (Å²) in [6.45, 7) is 7.27. The fourth-order valence-electron chi connectivity index (χ4n) is 1.61. The first-order valence-electron chi connectivity index (χ1n) is 6.40. The third-order valence-electron chi connectivity index (χ3n) is 2.58. The smallest absolute Gasteiger partial charge is 0.119 e. The average molecular weight is 321 g/mol. The van der Waals surface area contributed by atoms with Crippen LogP contribution in [0.2, 0.25) is 0 Å². The van der Waals surface area contributed by atoms with Gasteiger partial charge in [-0.2, -0.15) is 0 Å². The van der Waals surface area contributed by atoms with E-state index in [1.54, 1.807) is 6.08 Å². The van der Waals surface area contributed by atoms with E-state index in [-0.39, 0.29) is 24.8 Å². The zero-order valence-electron chi connectivity index (χ0n) is 12.3. The van der Waals surface area contributed by atoms with Crippen LogP contribution in [-0.2, 0) is 6.54 Å². The van der Waals surface area contributed by atoms with Crippen molar-refractivity contribution in [2.45, 2.75) is 13.0 Å². The van der Waals surface area contributed by atoms with E-state index in [0.717, 1.165) is 25.4 Å². The molecule has 0 saturated carbocycles. The number of hydrogen-bond acceptors (Lipinski definition) is 3. The van der Waals surface area contributed by atoms with Gasteiger partial charge in [0.25, 0.3) is 0 Å². The summed E-state index contributed by atoms with van der Waals surface area (Å²) in [4.78, 5) is 2.20. The maximum absolute atomic E-state index is 5.44. The lowest BCUT2D eigenvalue weighted by Crippen LogP contribution is -2.20. The minimum Gasteiger partial charge on any atom is -0.490 e. The largest absolute Gasteiger partial charge is 0.490 e. The summed E-state index contributed by atoms with van der Waals surface area (Å²) in [6.07, 6.45) is 2.92. The van der Waals surface area contributed by atoms with Gasteiger partial charge in [0.1, 0.15) is 12.4 Å². The Morgan fingerprint density at radius 3 is 2.40 bits per heavy atom. The van der Waals surface area contributed by atoms with Crippen molar-refractivity contribution in [1.82, 2.24) is 10.2 Å². The van der Waals surface area contributed by atoms with Gasteiger partial charge in [0.05, 0.1) is 0 Å². The summed E-state index contributed by atoms with van der Waals surface area (Å²) in [5, 5.41) is 3.44. The van der Waals surface area contributed by atoms with E-state index in [9.17, 15) is 0 Å². The van der Waals surface area contributed by atoms with Gasteiger partial charge in [-0.15, -0.1) is 24.8 Å². The van der Waals surface area contributed by atoms with Gasteiger partial charge in [-0.1, -0.05) is 24.8 Å². The Labute approximate surface area is 135 Å². The van der Waals surface area contributed by atoms with Gasteiger partial charge >= 0.3 is 0 Å². The fourth-order valence-corrected chi connectivity index (χ4v) is 1.61. The normalized spacial score (nSPS) is 9.55. The monoisotopic (exact) mass is 320 g/mol. The number of rotatable bonds is 9. The molecule has 3 nitrogen and oxygen atoms in total. The Balaban J connectivity index is 0. The lowest BCUT2D eigenvalue weighted by Gasteiger charge is -2.10. The highest BCUT2D eigenvalue weighted by atomic mass is 35.5. The highest BCUT2D eigenvalue weighted by Gasteiger charge is 1.95. The molecule has 0 spiro atoms. The van der Waals surface area contributed by atoms with Crippen LogP contribution in [0.15, 0.2) is 36.9 Å². The molecule has 0 unspecified atom stereocenters. The molecule has 0 aromatic heterocycles. The maximum atomic E-state index is 5.44. The molecule has 1 N–H and O–H groups in total. The average Bonchev–Trinajstić information content (AvgIpc) is 2.37. The molecule has 0 heterocycles. The third-order valence-corrected chi connectivity index (χ3v) is 2.58. The van der Waals surface area contributed by atoms with Crippen molar-refractivity contribution in [3.63, 3.8) is 0 Å². The molecule has 1 aromatic rings. The second-order valence-corrected chi connectivity index (χ2v) is 4.58. The van der Waals surface area contributed by atoms with E-state index in [1.807, 2.05) is 12.1 Å². The second kappa shape index (κ2) is 13.3. The van der Waals surface area contributed by atoms with Crippen LogP contribution in [0, 0.1) is 0 Å². The molecule has 5 heteroatoms. The van der Waals surface area contributed by atoms with E-state index in [0.29, 0.717) is 6.61 Å². The molecule has 1 rings (SSSR count). The molecule has 0 fully saturated rings. The molecule has 0 atom stereocenters. The molecular formula is C15H26Cl2N2O. The number of nitrogens with zero attached hydrogens (tertiary/aromatic N) is 1. The molecule has 1 aromatic carbocycles. The molecule has 0 radical (unpaired) electrons. The van der Waals surface area contributed by atoms with E-state index >= 15 is 0 Å². The van der Waals surface area contributed by atoms with Crippen LogP contribution in [0.5, 0.6) is 5.75 Å². The molecule has 0 saturated heterocycles. The van der Waals surface area contributed by atoms with Crippen LogP contribution in [-0.4, -0.2) is 38.7 Å². The van der Waals surface area contributed by atoms with E-state index < -0.39 is 0 Å². The minimum absolute atomic E-state index is 0. The zero-order chi connectivity index (χ0) is 13.2. The number of nitrogens with one attached hydrogen (secondary N) is 1. The number of ether oxygens (including phenoxy) is 1. The standard InChI is InChI=1S/C15H24N2O.2ClH/c1-4-12-18-15-8-6-14(7-9-15)13-16-10-5-11-17(2)3;;/h4,6-9,16H,1,5,10-13H2,2-3H3;2*1H. The van der Waals surface area contributed by atoms with E-state index in [1.165, 1.54) is 12.0 Å². The number of hydrogen-bond donors (Lipinski definition) is 1. The van der Waals surface area contributed by atoms with Gasteiger partial charge in [0, 0.05) is 6.54 Å². The highest BCUT2D eigenvalue weighted by molar-refractivity contribution is 5.85. The molecule has 116 valence electrons. The van der Waals surface area contributed by atoms with Crippen molar-refractivity contribution < 1.29 is 4.74 Å². The lowest BCUT2D eigenvalue weighted by molar-refractivity contribution is 0.363. The van der Waals surface area contributed by atoms with Crippen molar-refractivity contribution in [1.29, 1.82) is 0 Å². The summed E-state index contributed by atoms with van der Waals surface area (Å²) in [6, 6.07) is 8.19. The molecule has 0 aliphatic heterocycles. The summed E-state index contributed by atoms with van der Waals surface area (Å²) in [5.74, 6) is 0.895. The molecule has 0 aliphatic rings. The van der Waals surface area contributed by atoms with Gasteiger partial charge < -0.3 is 15.0 Å². The first-order valence-corrected chi connectivity index (χ1v) is 6.40. The van der Waals surface area contributed by atoms with Gasteiger partial charge in [-0.05, 0) is 51.3 Å². The Kier molecular flexibility index (Phi) is 14.3. The van der Waals surface area contributed by atoms with Crippen LogP contribution in [0.1, 0.15) is 12.0 Å². The first-order chi connectivity index (χ1) is 8.72. The van der Waals surface area contributed by atoms with Gasteiger partial charge in [0.15, 0.2) is 0 Å². The second-order valence-electron chi connectivity index (χ2n) is 4.58. The SMILES string of the molecule is C=CCOc1ccc(CNCCCN(C)C)cc1.Cl.Cl. The fraction of sp³-hybridized carbons (Fsp3) is 0.467. The predicted octanol–water partition coefficient (Wildman–Crippen LogP) is 3.14. The van der Waals surface area contributed by atoms with Crippen LogP contribution < -0.4 is 10.1 Å². The minimum atomic E-state index is 0. The van der Waals surface area contributed by atoms with E-state index in [2.05, 4.69) is 43.0 Å². The zero-order valence-corrected chi connectivity index (χ0v) is 13.9. The molecular weight excluding hydrogens is 295 g/mol. The van der Waals surface area contributed by atoms with Crippen molar-refractivity contribution in [3.05, 3.63) is 42.5 Å². The summed E-state index contributed by atoms with van der Waals surface area (Å²) < 4.78 is 5.44. The van der Waals surface area contributed by atoms with Crippen LogP contribution in [0.25, 0.3) is 0 Å². The van der Waals surface area contributed by atoms with Crippen molar-refractivity contribution in [2.24, 2.45) is 0 Å². The summed E-state index contributed by atoms with van der Waals surface area (Å²) >= 11 is 0. The van der Waals surface area contributed by atoms with E-state index in [4.69, 9.17) is 4.74 Å². The molecule has 20 heavy (non-hydrogen) atoms.